The van der Waals surface area contributed by atoms with Gasteiger partial charge in [0.15, 0.2) is 10.8 Å². The number of carbonyl (C=O) groups excluding carboxylic acids is 5. The van der Waals surface area contributed by atoms with Crippen LogP contribution in [0.4, 0.5) is 16.6 Å². The molecule has 4 amide bonds. The number of nitrogens with zero attached hydrogens (tertiary/aromatic N) is 6. The van der Waals surface area contributed by atoms with Crippen LogP contribution in [0.3, 0.4) is 0 Å². The van der Waals surface area contributed by atoms with E-state index in [9.17, 15) is 24.0 Å². The van der Waals surface area contributed by atoms with Gasteiger partial charge in [-0.2, -0.15) is 5.10 Å². The number of hydrogen-bond donors (Lipinski definition) is 3. The van der Waals surface area contributed by atoms with Gasteiger partial charge in [0.1, 0.15) is 17.2 Å². The first-order valence-electron chi connectivity index (χ1n) is 25.9. The van der Waals surface area contributed by atoms with Crippen molar-refractivity contribution in [2.24, 2.45) is 13.0 Å². The van der Waals surface area contributed by atoms with Gasteiger partial charge in [0, 0.05) is 48.8 Å². The molecule has 0 radical (unpaired) electrons. The molecule has 3 aliphatic heterocycles. The van der Waals surface area contributed by atoms with Crippen LogP contribution in [-0.4, -0.2) is 92.1 Å². The van der Waals surface area contributed by atoms with Gasteiger partial charge in [0.25, 0.3) is 5.91 Å². The van der Waals surface area contributed by atoms with E-state index in [0.29, 0.717) is 71.9 Å². The third-order valence-corrected chi connectivity index (χ3v) is 15.4. The summed E-state index contributed by atoms with van der Waals surface area (Å²) < 4.78 is 15.1. The van der Waals surface area contributed by atoms with E-state index >= 15 is 0 Å². The normalized spacial score (nSPS) is 16.9. The van der Waals surface area contributed by atoms with Crippen molar-refractivity contribution in [1.82, 2.24) is 30.0 Å². The molecule has 75 heavy (non-hydrogen) atoms. The second-order valence-electron chi connectivity index (χ2n) is 21.1. The zero-order chi connectivity index (χ0) is 52.5. The molecule has 4 aromatic carbocycles. The third-order valence-electron chi connectivity index (χ3n) is 14.4. The summed E-state index contributed by atoms with van der Waals surface area (Å²) in [6.45, 7) is 12.7. The van der Waals surface area contributed by atoms with Gasteiger partial charge in [0.05, 0.1) is 40.0 Å². The largest absolute Gasteiger partial charge is 0.491 e. The van der Waals surface area contributed by atoms with Crippen LogP contribution in [0.1, 0.15) is 115 Å². The van der Waals surface area contributed by atoms with Crippen LogP contribution in [0.15, 0.2) is 91.0 Å². The molecule has 2 fully saturated rings. The van der Waals surface area contributed by atoms with Crippen molar-refractivity contribution < 1.29 is 33.4 Å². The lowest BCUT2D eigenvalue weighted by Gasteiger charge is -2.32. The van der Waals surface area contributed by atoms with Crippen LogP contribution < -0.4 is 25.6 Å². The second-order valence-corrected chi connectivity index (χ2v) is 22.1. The minimum Gasteiger partial charge on any atom is -0.491 e. The molecular formula is C58H63N9O7S. The van der Waals surface area contributed by atoms with Gasteiger partial charge in [-0.25, -0.2) is 14.8 Å². The van der Waals surface area contributed by atoms with E-state index in [1.807, 2.05) is 120 Å². The number of esters is 1. The number of imide groups is 1. The highest BCUT2D eigenvalue weighted by molar-refractivity contribution is 7.22. The van der Waals surface area contributed by atoms with Gasteiger partial charge >= 0.3 is 5.97 Å². The lowest BCUT2D eigenvalue weighted by atomic mass is 9.91. The first-order valence-corrected chi connectivity index (χ1v) is 26.7. The fourth-order valence-corrected chi connectivity index (χ4v) is 11.4. The number of likely N-dealkylation sites (tertiary alicyclic amines) is 1. The first kappa shape index (κ1) is 51.0. The predicted molar refractivity (Wildman–Crippen MR) is 291 cm³/mol. The zero-order valence-corrected chi connectivity index (χ0v) is 44.1. The maximum atomic E-state index is 14.0. The number of fused-ring (bicyclic) bond motifs is 3. The van der Waals surface area contributed by atoms with E-state index in [1.54, 1.807) is 4.68 Å². The van der Waals surface area contributed by atoms with E-state index in [1.165, 1.54) is 11.3 Å². The van der Waals surface area contributed by atoms with Gasteiger partial charge in [-0.3, -0.25) is 39.4 Å². The van der Waals surface area contributed by atoms with Crippen molar-refractivity contribution in [2.75, 3.05) is 41.7 Å². The van der Waals surface area contributed by atoms with Crippen molar-refractivity contribution >= 4 is 78.7 Å². The highest BCUT2D eigenvalue weighted by Gasteiger charge is 2.32. The number of amides is 4. The average Bonchev–Trinajstić information content (AvgIpc) is 3.95. The molecule has 3 aliphatic rings. The number of para-hydroxylation sites is 1. The summed E-state index contributed by atoms with van der Waals surface area (Å²) in [5, 5.41) is 14.5. The second kappa shape index (κ2) is 21.4. The number of piperidine rings is 2. The van der Waals surface area contributed by atoms with Crippen LogP contribution in [-0.2, 0) is 39.1 Å². The molecule has 3 N–H and O–H groups in total. The van der Waals surface area contributed by atoms with Crippen LogP contribution in [0, 0.1) is 12.8 Å². The van der Waals surface area contributed by atoms with Crippen LogP contribution in [0.5, 0.6) is 5.75 Å². The van der Waals surface area contributed by atoms with Gasteiger partial charge in [-0.15, -0.1) is 0 Å². The number of thiazole rings is 1. The molecule has 7 aromatic rings. The Labute approximate surface area is 440 Å². The number of anilines is 3. The number of rotatable bonds is 14. The molecule has 0 saturated carbocycles. The molecule has 16 nitrogen and oxygen atoms in total. The molecule has 3 aromatic heterocycles. The van der Waals surface area contributed by atoms with E-state index < -0.39 is 17.5 Å². The Morgan fingerprint density at radius 3 is 2.45 bits per heavy atom. The van der Waals surface area contributed by atoms with Crippen molar-refractivity contribution in [2.45, 2.75) is 104 Å². The molecule has 2 atom stereocenters. The zero-order valence-electron chi connectivity index (χ0n) is 43.3. The first-order chi connectivity index (χ1) is 36.0. The highest BCUT2D eigenvalue weighted by atomic mass is 32.1. The van der Waals surface area contributed by atoms with Crippen LogP contribution in [0.25, 0.3) is 32.2 Å². The van der Waals surface area contributed by atoms with Crippen LogP contribution in [0.2, 0.25) is 0 Å². The van der Waals surface area contributed by atoms with Crippen molar-refractivity contribution in [3.63, 3.8) is 0 Å². The average molecular weight is 1030 g/mol. The number of aromatic nitrogens is 4. The summed E-state index contributed by atoms with van der Waals surface area (Å²) in [6, 6.07) is 29.1. The third kappa shape index (κ3) is 11.6. The Balaban J connectivity index is 0.734. The molecule has 2 saturated heterocycles. The Hall–Kier alpha value is -7.50. The van der Waals surface area contributed by atoms with E-state index in [-0.39, 0.29) is 41.8 Å². The maximum Gasteiger partial charge on any atom is 0.358 e. The number of aryl methyl sites for hydroxylation is 2. The summed E-state index contributed by atoms with van der Waals surface area (Å²) in [5.41, 5.74) is 7.47. The Kier molecular flexibility index (Phi) is 14.5. The number of nitrogens with one attached hydrogen (secondary N) is 3. The minimum atomic E-state index is -0.744. The monoisotopic (exact) mass is 1030 g/mol. The summed E-state index contributed by atoms with van der Waals surface area (Å²) >= 11 is 1.44. The van der Waals surface area contributed by atoms with E-state index in [0.717, 1.165) is 87.9 Å². The molecule has 10 rings (SSSR count). The number of pyridine rings is 1. The van der Waals surface area contributed by atoms with Crippen LogP contribution >= 0.6 is 11.3 Å². The summed E-state index contributed by atoms with van der Waals surface area (Å²) in [7, 11) is 1.81. The SMILES string of the molecule is Cc1cc(O[C@@H](C)CCC2CCN(CC(=O)Nc3ccc4c(C5CCC(=O)NC5=O)nn(C)c4c3)CC2)ccc1-c1ccc(N2CCc3cccc(C(=O)Nc4nc5ccccc5s4)c3C2)nc1C(=O)OC(C)(C)C. The van der Waals surface area contributed by atoms with E-state index in [2.05, 4.69) is 48.8 Å². The quantitative estimate of drug-likeness (QED) is 0.0692. The molecule has 388 valence electrons. The van der Waals surface area contributed by atoms with Gasteiger partial charge < -0.3 is 19.7 Å². The van der Waals surface area contributed by atoms with Gasteiger partial charge in [-0.05, 0) is 175 Å². The minimum absolute atomic E-state index is 0.0250. The Morgan fingerprint density at radius 1 is 0.880 bits per heavy atom. The van der Waals surface area contributed by atoms with Crippen molar-refractivity contribution in [3.05, 3.63) is 125 Å². The number of hydrogen-bond acceptors (Lipinski definition) is 13. The van der Waals surface area contributed by atoms with Gasteiger partial charge in [-0.1, -0.05) is 41.7 Å². The number of carbonyl (C=O) groups is 5. The number of benzene rings is 4. The smallest absolute Gasteiger partial charge is 0.358 e. The summed E-state index contributed by atoms with van der Waals surface area (Å²) in [5.74, 6) is 0.00893. The lowest BCUT2D eigenvalue weighted by molar-refractivity contribution is -0.134. The van der Waals surface area contributed by atoms with Crippen molar-refractivity contribution in [3.8, 4) is 16.9 Å². The Bertz CT molecular complexity index is 3320. The number of ether oxygens (including phenoxy) is 2. The summed E-state index contributed by atoms with van der Waals surface area (Å²) in [4.78, 5) is 79.2. The molecule has 1 unspecified atom stereocenters. The molecule has 0 aliphatic carbocycles. The highest BCUT2D eigenvalue weighted by Crippen LogP contribution is 2.36. The Morgan fingerprint density at radius 2 is 1.68 bits per heavy atom. The molecular weight excluding hydrogens is 967 g/mol. The fourth-order valence-electron chi connectivity index (χ4n) is 10.6. The standard InChI is InChI=1S/C58H63N9O7S/c1-34-30-39(73-35(2)14-15-36-24-27-66(28-25-36)33-51(69)59-38-16-18-43-47(31-38)65(6)64-52(43)44-21-23-50(68)62-55(44)71)17-19-40(34)41-20-22-49(61-53(41)56(72)74-58(3,4)5)67-29-26-37-10-9-11-42(45(37)32-67)54(70)63-57-60-46-12-7-8-13-48(46)75-57/h7-13,16-20,22,30-31,35-36,44H,14-15,21,23-29,32-33H2,1-6H3,(H,59,69)(H,60,63,70)(H,62,68,71)/t35-,44?/m0/s1. The maximum absolute atomic E-state index is 14.0. The van der Waals surface area contributed by atoms with Gasteiger partial charge in [0.2, 0.25) is 17.7 Å². The fraction of sp³-hybridized carbons (Fsp3) is 0.379. The predicted octanol–water partition coefficient (Wildman–Crippen LogP) is 9.74. The van der Waals surface area contributed by atoms with E-state index in [4.69, 9.17) is 14.5 Å². The topological polar surface area (TPSA) is 190 Å². The molecule has 17 heteroatoms. The van der Waals surface area contributed by atoms with Crippen molar-refractivity contribution in [1.29, 1.82) is 0 Å². The lowest BCUT2D eigenvalue weighted by Crippen LogP contribution is -2.39. The molecule has 6 heterocycles. The molecule has 0 spiro atoms. The summed E-state index contributed by atoms with van der Waals surface area (Å²) in [6.07, 6.45) is 5.28. The molecule has 0 bridgehead atoms.